The minimum Gasteiger partial charge on any atom is -0.447 e. The van der Waals surface area contributed by atoms with Crippen molar-refractivity contribution in [2.24, 2.45) is 0 Å². The highest BCUT2D eigenvalue weighted by atomic mass is 32.2. The van der Waals surface area contributed by atoms with Crippen molar-refractivity contribution < 1.29 is 22.1 Å². The molecule has 0 aliphatic carbocycles. The first-order valence-corrected chi connectivity index (χ1v) is 4.56. The Labute approximate surface area is 65.4 Å². The lowest BCUT2D eigenvalue weighted by atomic mass is 10.8. The summed E-state index contributed by atoms with van der Waals surface area (Å²) in [5.41, 5.74) is 0. The molecule has 0 spiro atoms. The molecule has 6 heteroatoms. The van der Waals surface area contributed by atoms with Crippen molar-refractivity contribution in [1.82, 2.24) is 0 Å². The predicted molar refractivity (Wildman–Crippen MR) is 37.2 cm³/mol. The fourth-order valence-electron chi connectivity index (χ4n) is 0.369. The van der Waals surface area contributed by atoms with Crippen LogP contribution in [0.25, 0.3) is 0 Å². The largest absolute Gasteiger partial charge is 0.447 e. The third-order valence-corrected chi connectivity index (χ3v) is 1.71. The van der Waals surface area contributed by atoms with Crippen molar-refractivity contribution in [3.05, 3.63) is 0 Å². The van der Waals surface area contributed by atoms with E-state index in [9.17, 15) is 13.2 Å². The maximum atomic E-state index is 10.6. The predicted octanol–water partition coefficient (Wildman–Crippen LogP) is -0.127. The van der Waals surface area contributed by atoms with Gasteiger partial charge < -0.3 is 4.74 Å². The second-order valence-electron chi connectivity index (χ2n) is 1.72. The summed E-state index contributed by atoms with van der Waals surface area (Å²) in [7, 11) is -3.67. The van der Waals surface area contributed by atoms with Crippen molar-refractivity contribution in [1.29, 1.82) is 0 Å². The Hall–Kier alpha value is -0.620. The number of hydrogen-bond donors (Lipinski definition) is 0. The van der Waals surface area contributed by atoms with Crippen LogP contribution in [0.4, 0.5) is 0 Å². The zero-order chi connectivity index (χ0) is 8.91. The average molecular weight is 182 g/mol. The van der Waals surface area contributed by atoms with Crippen LogP contribution in [-0.2, 0) is 23.8 Å². The Balaban J connectivity index is 3.84. The van der Waals surface area contributed by atoms with Crippen LogP contribution in [0.3, 0.4) is 0 Å². The molecule has 0 radical (unpaired) electrons. The zero-order valence-electron chi connectivity index (χ0n) is 6.36. The van der Waals surface area contributed by atoms with Crippen LogP contribution in [0.2, 0.25) is 0 Å². The van der Waals surface area contributed by atoms with E-state index in [-0.39, 0.29) is 6.61 Å². The third kappa shape index (κ3) is 5.81. The molecule has 66 valence electrons. The summed E-state index contributed by atoms with van der Waals surface area (Å²) in [4.78, 5) is 10.2. The number of carbonyl (C=O) groups excluding carboxylic acids is 1. The van der Waals surface area contributed by atoms with E-state index in [1.165, 1.54) is 6.92 Å². The lowest BCUT2D eigenvalue weighted by Crippen LogP contribution is -2.15. The Morgan fingerprint density at radius 3 is 2.36 bits per heavy atom. The van der Waals surface area contributed by atoms with Gasteiger partial charge in [-0.25, -0.2) is 0 Å². The first-order chi connectivity index (χ1) is 4.98. The van der Waals surface area contributed by atoms with Gasteiger partial charge in [-0.15, -0.1) is 0 Å². The van der Waals surface area contributed by atoms with Gasteiger partial charge in [-0.2, -0.15) is 8.42 Å². The van der Waals surface area contributed by atoms with Crippen LogP contribution in [0.5, 0.6) is 0 Å². The Morgan fingerprint density at radius 2 is 2.00 bits per heavy atom. The minimum atomic E-state index is -3.67. The Kier molecular flexibility index (Phi) is 4.06. The van der Waals surface area contributed by atoms with Crippen LogP contribution in [0.1, 0.15) is 13.8 Å². The molecule has 0 N–H and O–H groups in total. The molecule has 5 nitrogen and oxygen atoms in total. The van der Waals surface area contributed by atoms with Crippen molar-refractivity contribution in [2.45, 2.75) is 13.8 Å². The van der Waals surface area contributed by atoms with Crippen molar-refractivity contribution in [3.8, 4) is 0 Å². The van der Waals surface area contributed by atoms with Crippen molar-refractivity contribution in [3.63, 3.8) is 0 Å². The molecule has 11 heavy (non-hydrogen) atoms. The SMILES string of the molecule is CCOS(=O)(=O)COC(C)=O. The topological polar surface area (TPSA) is 69.7 Å². The van der Waals surface area contributed by atoms with Gasteiger partial charge in [0.25, 0.3) is 0 Å². The lowest BCUT2D eigenvalue weighted by Gasteiger charge is -2.01. The van der Waals surface area contributed by atoms with E-state index in [1.54, 1.807) is 0 Å². The van der Waals surface area contributed by atoms with Crippen LogP contribution >= 0.6 is 0 Å². The van der Waals surface area contributed by atoms with E-state index in [4.69, 9.17) is 0 Å². The van der Waals surface area contributed by atoms with E-state index in [0.29, 0.717) is 0 Å². The first-order valence-electron chi connectivity index (χ1n) is 2.98. The fraction of sp³-hybridized carbons (Fsp3) is 0.800. The van der Waals surface area contributed by atoms with E-state index >= 15 is 0 Å². The van der Waals surface area contributed by atoms with E-state index in [0.717, 1.165) is 6.92 Å². The summed E-state index contributed by atoms with van der Waals surface area (Å²) in [6.45, 7) is 2.70. The molecule has 0 rings (SSSR count). The summed E-state index contributed by atoms with van der Waals surface area (Å²) in [6, 6.07) is 0. The number of ether oxygens (including phenoxy) is 1. The maximum absolute atomic E-state index is 10.6. The highest BCUT2D eigenvalue weighted by Crippen LogP contribution is 1.93. The van der Waals surface area contributed by atoms with Gasteiger partial charge in [-0.1, -0.05) is 0 Å². The average Bonchev–Trinajstić information content (AvgIpc) is 1.84. The minimum absolute atomic E-state index is 0.0452. The molecule has 0 aliphatic rings. The van der Waals surface area contributed by atoms with Gasteiger partial charge in [0.2, 0.25) is 5.94 Å². The van der Waals surface area contributed by atoms with E-state index in [2.05, 4.69) is 8.92 Å². The molecule has 0 saturated heterocycles. The summed E-state index contributed by atoms with van der Waals surface area (Å²) < 4.78 is 29.8. The molecule has 0 atom stereocenters. The summed E-state index contributed by atoms with van der Waals surface area (Å²) in [5, 5.41) is 0. The Bertz CT molecular complexity index is 217. The highest BCUT2D eigenvalue weighted by Gasteiger charge is 2.11. The lowest BCUT2D eigenvalue weighted by molar-refractivity contribution is -0.139. The molecule has 0 heterocycles. The van der Waals surface area contributed by atoms with Crippen LogP contribution < -0.4 is 0 Å². The van der Waals surface area contributed by atoms with Gasteiger partial charge >= 0.3 is 16.1 Å². The molecule has 0 unspecified atom stereocenters. The molecule has 0 fully saturated rings. The van der Waals surface area contributed by atoms with Gasteiger partial charge in [0.05, 0.1) is 6.61 Å². The quantitative estimate of drug-likeness (QED) is 0.447. The van der Waals surface area contributed by atoms with Gasteiger partial charge in [0.1, 0.15) is 0 Å². The van der Waals surface area contributed by atoms with Crippen LogP contribution in [0.15, 0.2) is 0 Å². The molecule has 0 amide bonds. The van der Waals surface area contributed by atoms with Crippen molar-refractivity contribution in [2.75, 3.05) is 12.5 Å². The third-order valence-electron chi connectivity index (χ3n) is 0.704. The molecule has 0 aromatic heterocycles. The fourth-order valence-corrected chi connectivity index (χ4v) is 1.11. The van der Waals surface area contributed by atoms with Crippen molar-refractivity contribution >= 4 is 16.1 Å². The normalized spacial score (nSPS) is 11.1. The van der Waals surface area contributed by atoms with E-state index < -0.39 is 22.0 Å². The molecule has 0 aliphatic heterocycles. The smallest absolute Gasteiger partial charge is 0.303 e. The second kappa shape index (κ2) is 4.30. The summed E-state index contributed by atoms with van der Waals surface area (Å²) in [6.07, 6.45) is 0. The molecular weight excluding hydrogens is 172 g/mol. The summed E-state index contributed by atoms with van der Waals surface area (Å²) in [5.74, 6) is -1.36. The van der Waals surface area contributed by atoms with Gasteiger partial charge in [0.15, 0.2) is 0 Å². The first kappa shape index (κ1) is 10.4. The molecular formula is C5H10O5S. The number of rotatable bonds is 4. The maximum Gasteiger partial charge on any atom is 0.303 e. The number of carbonyl (C=O) groups is 1. The standard InChI is InChI=1S/C5H10O5S/c1-3-10-11(7,8)4-9-5(2)6/h3-4H2,1-2H3. The second-order valence-corrected chi connectivity index (χ2v) is 3.30. The summed E-state index contributed by atoms with van der Waals surface area (Å²) >= 11 is 0. The Morgan fingerprint density at radius 1 is 1.45 bits per heavy atom. The van der Waals surface area contributed by atoms with Gasteiger partial charge in [-0.3, -0.25) is 8.98 Å². The molecule has 0 saturated carbocycles. The van der Waals surface area contributed by atoms with Crippen LogP contribution in [0, 0.1) is 0 Å². The number of esters is 1. The molecule has 0 aromatic carbocycles. The zero-order valence-corrected chi connectivity index (χ0v) is 7.18. The monoisotopic (exact) mass is 182 g/mol. The highest BCUT2D eigenvalue weighted by molar-refractivity contribution is 7.86. The van der Waals surface area contributed by atoms with Crippen LogP contribution in [-0.4, -0.2) is 26.9 Å². The van der Waals surface area contributed by atoms with Gasteiger partial charge in [0, 0.05) is 6.92 Å². The molecule has 0 bridgehead atoms. The number of hydrogen-bond acceptors (Lipinski definition) is 5. The van der Waals surface area contributed by atoms with Gasteiger partial charge in [-0.05, 0) is 6.92 Å². The molecule has 0 aromatic rings. The van der Waals surface area contributed by atoms with E-state index in [1.807, 2.05) is 0 Å².